The van der Waals surface area contributed by atoms with Crippen LogP contribution in [0, 0.1) is 23.2 Å². The van der Waals surface area contributed by atoms with Gasteiger partial charge in [-0.2, -0.15) is 5.26 Å². The topological polar surface area (TPSA) is 52.9 Å². The van der Waals surface area contributed by atoms with Gasteiger partial charge in [0.2, 0.25) is 5.91 Å². The minimum Gasteiger partial charge on any atom is -0.352 e. The van der Waals surface area contributed by atoms with Crippen molar-refractivity contribution >= 4 is 5.91 Å². The van der Waals surface area contributed by atoms with Gasteiger partial charge in [-0.15, -0.1) is 0 Å². The number of nitriles is 1. The van der Waals surface area contributed by atoms with E-state index < -0.39 is 5.92 Å². The summed E-state index contributed by atoms with van der Waals surface area (Å²) in [5, 5.41) is 11.5. The van der Waals surface area contributed by atoms with Crippen molar-refractivity contribution in [1.29, 1.82) is 5.26 Å². The standard InChI is InChI=1S/C10H16N2O/c1-3-8(6-11)10(13)12-9-4-7(2)5-9/h7-9H,3-5H2,1-2H3,(H,12,13). The van der Waals surface area contributed by atoms with Crippen molar-refractivity contribution in [3.05, 3.63) is 0 Å². The SMILES string of the molecule is CCC(C#N)C(=O)NC1CC(C)C1. The van der Waals surface area contributed by atoms with E-state index in [1.807, 2.05) is 13.0 Å². The molecule has 0 aromatic rings. The Kier molecular flexibility index (Phi) is 3.30. The van der Waals surface area contributed by atoms with Crippen LogP contribution in [0.2, 0.25) is 0 Å². The van der Waals surface area contributed by atoms with Gasteiger partial charge in [0.25, 0.3) is 0 Å². The number of nitrogens with zero attached hydrogens (tertiary/aromatic N) is 1. The Bertz CT molecular complexity index is 226. The zero-order valence-electron chi connectivity index (χ0n) is 8.21. The van der Waals surface area contributed by atoms with Gasteiger partial charge in [0.05, 0.1) is 6.07 Å². The van der Waals surface area contributed by atoms with Gasteiger partial charge in [-0.05, 0) is 25.2 Å². The maximum absolute atomic E-state index is 11.4. The molecule has 3 nitrogen and oxygen atoms in total. The van der Waals surface area contributed by atoms with E-state index in [0.717, 1.165) is 18.8 Å². The Morgan fingerprint density at radius 3 is 2.69 bits per heavy atom. The summed E-state index contributed by atoms with van der Waals surface area (Å²) in [6, 6.07) is 2.33. The number of hydrogen-bond acceptors (Lipinski definition) is 2. The maximum Gasteiger partial charge on any atom is 0.237 e. The van der Waals surface area contributed by atoms with Crippen LogP contribution in [0.1, 0.15) is 33.1 Å². The highest BCUT2D eigenvalue weighted by molar-refractivity contribution is 5.81. The van der Waals surface area contributed by atoms with Crippen molar-refractivity contribution in [2.75, 3.05) is 0 Å². The summed E-state index contributed by atoms with van der Waals surface area (Å²) >= 11 is 0. The van der Waals surface area contributed by atoms with E-state index in [1.54, 1.807) is 0 Å². The number of carbonyl (C=O) groups excluding carboxylic acids is 1. The fourth-order valence-corrected chi connectivity index (χ4v) is 1.66. The first-order valence-electron chi connectivity index (χ1n) is 4.87. The van der Waals surface area contributed by atoms with E-state index in [0.29, 0.717) is 12.5 Å². The largest absolute Gasteiger partial charge is 0.352 e. The Labute approximate surface area is 79.1 Å². The van der Waals surface area contributed by atoms with Crippen LogP contribution in [-0.4, -0.2) is 11.9 Å². The van der Waals surface area contributed by atoms with Crippen LogP contribution in [0.25, 0.3) is 0 Å². The van der Waals surface area contributed by atoms with Gasteiger partial charge in [-0.25, -0.2) is 0 Å². The molecular formula is C10H16N2O. The van der Waals surface area contributed by atoms with Crippen molar-refractivity contribution in [2.24, 2.45) is 11.8 Å². The zero-order valence-corrected chi connectivity index (χ0v) is 8.21. The third kappa shape index (κ3) is 2.45. The lowest BCUT2D eigenvalue weighted by Crippen LogP contribution is -2.45. The van der Waals surface area contributed by atoms with E-state index in [1.165, 1.54) is 0 Å². The lowest BCUT2D eigenvalue weighted by Gasteiger charge is -2.33. The van der Waals surface area contributed by atoms with Crippen molar-refractivity contribution in [3.8, 4) is 6.07 Å². The van der Waals surface area contributed by atoms with Crippen LogP contribution >= 0.6 is 0 Å². The summed E-state index contributed by atoms with van der Waals surface area (Å²) in [6.07, 6.45) is 2.73. The maximum atomic E-state index is 11.4. The molecule has 1 saturated carbocycles. The van der Waals surface area contributed by atoms with Crippen LogP contribution in [-0.2, 0) is 4.79 Å². The second-order valence-corrected chi connectivity index (χ2v) is 3.87. The molecule has 1 amide bonds. The molecule has 1 aliphatic rings. The Balaban J connectivity index is 2.29. The van der Waals surface area contributed by atoms with Gasteiger partial charge in [0.15, 0.2) is 0 Å². The predicted molar refractivity (Wildman–Crippen MR) is 49.7 cm³/mol. The van der Waals surface area contributed by atoms with E-state index in [4.69, 9.17) is 5.26 Å². The number of rotatable bonds is 3. The summed E-state index contributed by atoms with van der Waals surface area (Å²) in [6.45, 7) is 4.03. The molecule has 1 unspecified atom stereocenters. The molecule has 0 aliphatic heterocycles. The van der Waals surface area contributed by atoms with Crippen molar-refractivity contribution in [2.45, 2.75) is 39.2 Å². The number of amides is 1. The highest BCUT2D eigenvalue weighted by Gasteiger charge is 2.28. The third-order valence-corrected chi connectivity index (χ3v) is 2.60. The van der Waals surface area contributed by atoms with E-state index in [-0.39, 0.29) is 5.91 Å². The summed E-state index contributed by atoms with van der Waals surface area (Å²) in [5.41, 5.74) is 0. The molecule has 0 aromatic carbocycles. The Hall–Kier alpha value is -1.04. The second kappa shape index (κ2) is 4.27. The molecule has 1 N–H and O–H groups in total. The third-order valence-electron chi connectivity index (χ3n) is 2.60. The number of carbonyl (C=O) groups is 1. The molecule has 3 heteroatoms. The van der Waals surface area contributed by atoms with E-state index in [9.17, 15) is 4.79 Å². The summed E-state index contributed by atoms with van der Waals surface area (Å²) in [5.74, 6) is 0.172. The van der Waals surface area contributed by atoms with Gasteiger partial charge in [0.1, 0.15) is 5.92 Å². The molecule has 13 heavy (non-hydrogen) atoms. The number of nitrogens with one attached hydrogen (secondary N) is 1. The molecule has 0 aromatic heterocycles. The van der Waals surface area contributed by atoms with Crippen molar-refractivity contribution in [3.63, 3.8) is 0 Å². The fourth-order valence-electron chi connectivity index (χ4n) is 1.66. The van der Waals surface area contributed by atoms with E-state index >= 15 is 0 Å². The normalized spacial score (nSPS) is 28.4. The predicted octanol–water partition coefficient (Wildman–Crippen LogP) is 1.45. The summed E-state index contributed by atoms with van der Waals surface area (Å²) in [4.78, 5) is 11.4. The minimum absolute atomic E-state index is 0.0955. The van der Waals surface area contributed by atoms with Gasteiger partial charge in [-0.3, -0.25) is 4.79 Å². The molecule has 0 bridgehead atoms. The molecule has 1 atom stereocenters. The van der Waals surface area contributed by atoms with Gasteiger partial charge in [0, 0.05) is 6.04 Å². The van der Waals surface area contributed by atoms with Crippen LogP contribution < -0.4 is 5.32 Å². The lowest BCUT2D eigenvalue weighted by molar-refractivity contribution is -0.125. The summed E-state index contributed by atoms with van der Waals surface area (Å²) in [7, 11) is 0. The van der Waals surface area contributed by atoms with Crippen LogP contribution in [0.5, 0.6) is 0 Å². The first-order chi connectivity index (χ1) is 6.17. The average molecular weight is 180 g/mol. The van der Waals surface area contributed by atoms with Crippen molar-refractivity contribution < 1.29 is 4.79 Å². The highest BCUT2D eigenvalue weighted by Crippen LogP contribution is 2.26. The van der Waals surface area contributed by atoms with Crippen LogP contribution in [0.3, 0.4) is 0 Å². The molecular weight excluding hydrogens is 164 g/mol. The molecule has 1 aliphatic carbocycles. The van der Waals surface area contributed by atoms with Crippen LogP contribution in [0.15, 0.2) is 0 Å². The molecule has 0 saturated heterocycles. The highest BCUT2D eigenvalue weighted by atomic mass is 16.1. The first kappa shape index (κ1) is 10.0. The minimum atomic E-state index is -0.462. The average Bonchev–Trinajstić information content (AvgIpc) is 2.04. The molecule has 72 valence electrons. The van der Waals surface area contributed by atoms with Gasteiger partial charge >= 0.3 is 0 Å². The molecule has 0 heterocycles. The molecule has 1 fully saturated rings. The zero-order chi connectivity index (χ0) is 9.84. The van der Waals surface area contributed by atoms with Gasteiger partial charge < -0.3 is 5.32 Å². The Morgan fingerprint density at radius 1 is 1.69 bits per heavy atom. The lowest BCUT2D eigenvalue weighted by atomic mass is 9.81. The monoisotopic (exact) mass is 180 g/mol. The van der Waals surface area contributed by atoms with E-state index in [2.05, 4.69) is 12.2 Å². The molecule has 1 rings (SSSR count). The number of hydrogen-bond donors (Lipinski definition) is 1. The molecule has 0 radical (unpaired) electrons. The second-order valence-electron chi connectivity index (χ2n) is 3.87. The summed E-state index contributed by atoms with van der Waals surface area (Å²) < 4.78 is 0. The first-order valence-corrected chi connectivity index (χ1v) is 4.87. The molecule has 0 spiro atoms. The van der Waals surface area contributed by atoms with Crippen LogP contribution in [0.4, 0.5) is 0 Å². The smallest absolute Gasteiger partial charge is 0.237 e. The quantitative estimate of drug-likeness (QED) is 0.714. The van der Waals surface area contributed by atoms with Crippen molar-refractivity contribution in [1.82, 2.24) is 5.32 Å². The fraction of sp³-hybridized carbons (Fsp3) is 0.800. The Morgan fingerprint density at radius 2 is 2.31 bits per heavy atom. The van der Waals surface area contributed by atoms with Gasteiger partial charge in [-0.1, -0.05) is 13.8 Å².